The highest BCUT2D eigenvalue weighted by Gasteiger charge is 2.08. The van der Waals surface area contributed by atoms with Gasteiger partial charge in [0.15, 0.2) is 0 Å². The van der Waals surface area contributed by atoms with E-state index in [0.717, 1.165) is 5.69 Å². The molecule has 116 valence electrons. The Labute approximate surface area is 128 Å². The van der Waals surface area contributed by atoms with Crippen LogP contribution in [0.2, 0.25) is 0 Å². The van der Waals surface area contributed by atoms with E-state index in [0.29, 0.717) is 24.3 Å². The van der Waals surface area contributed by atoms with Gasteiger partial charge in [-0.05, 0) is 12.1 Å². The number of carbonyl (C=O) groups excluding carboxylic acids is 1. The summed E-state index contributed by atoms with van der Waals surface area (Å²) in [6, 6.07) is 8.03. The van der Waals surface area contributed by atoms with E-state index in [9.17, 15) is 9.18 Å². The molecule has 0 aliphatic rings. The molecule has 1 heterocycles. The monoisotopic (exact) mass is 303 g/mol. The van der Waals surface area contributed by atoms with Gasteiger partial charge in [-0.15, -0.1) is 0 Å². The lowest BCUT2D eigenvalue weighted by Gasteiger charge is -2.08. The van der Waals surface area contributed by atoms with E-state index >= 15 is 0 Å². The summed E-state index contributed by atoms with van der Waals surface area (Å²) in [6.45, 7) is 1.31. The Kier molecular flexibility index (Phi) is 5.85. The number of pyridine rings is 1. The van der Waals surface area contributed by atoms with E-state index in [4.69, 9.17) is 4.74 Å². The second-order valence-corrected chi connectivity index (χ2v) is 4.66. The summed E-state index contributed by atoms with van der Waals surface area (Å²) >= 11 is 0. The Bertz CT molecular complexity index is 634. The molecule has 2 N–H and O–H groups in total. The molecule has 0 saturated carbocycles. The number of hydrogen-bond acceptors (Lipinski definition) is 4. The number of nitrogens with zero attached hydrogens (tertiary/aromatic N) is 1. The Morgan fingerprint density at radius 1 is 1.32 bits per heavy atom. The first-order valence-corrected chi connectivity index (χ1v) is 6.90. The lowest BCUT2D eigenvalue weighted by atomic mass is 10.2. The average molecular weight is 303 g/mol. The number of nitrogens with one attached hydrogen (secondary N) is 2. The Hall–Kier alpha value is -2.47. The minimum absolute atomic E-state index is 0.132. The van der Waals surface area contributed by atoms with Crippen LogP contribution in [0.25, 0.3) is 0 Å². The molecule has 0 unspecified atom stereocenters. The number of halogens is 1. The van der Waals surface area contributed by atoms with E-state index < -0.39 is 0 Å². The van der Waals surface area contributed by atoms with Crippen LogP contribution in [-0.4, -0.2) is 31.2 Å². The molecule has 22 heavy (non-hydrogen) atoms. The van der Waals surface area contributed by atoms with Gasteiger partial charge in [0.05, 0.1) is 17.9 Å². The normalized spacial score (nSPS) is 10.3. The van der Waals surface area contributed by atoms with Gasteiger partial charge in [-0.25, -0.2) is 4.39 Å². The molecule has 0 fully saturated rings. The number of carbonyl (C=O) groups is 1. The maximum Gasteiger partial charge on any atom is 0.253 e. The van der Waals surface area contributed by atoms with Crippen LogP contribution in [0.15, 0.2) is 42.7 Å². The number of anilines is 1. The van der Waals surface area contributed by atoms with Crippen LogP contribution >= 0.6 is 0 Å². The fourth-order valence-electron chi connectivity index (χ4n) is 1.88. The van der Waals surface area contributed by atoms with Gasteiger partial charge >= 0.3 is 0 Å². The highest BCUT2D eigenvalue weighted by molar-refractivity contribution is 5.94. The number of amides is 1. The first kappa shape index (κ1) is 15.9. The van der Waals surface area contributed by atoms with Gasteiger partial charge in [0, 0.05) is 38.2 Å². The average Bonchev–Trinajstić information content (AvgIpc) is 2.54. The SMILES string of the molecule is COCCNc1cncc(C(=O)NCc2ccccc2F)c1. The predicted molar refractivity (Wildman–Crippen MR) is 82.2 cm³/mol. The lowest BCUT2D eigenvalue weighted by molar-refractivity contribution is 0.0950. The minimum Gasteiger partial charge on any atom is -0.383 e. The van der Waals surface area contributed by atoms with Crippen molar-refractivity contribution in [2.45, 2.75) is 6.54 Å². The van der Waals surface area contributed by atoms with Crippen LogP contribution in [0.5, 0.6) is 0 Å². The maximum atomic E-state index is 13.5. The first-order chi connectivity index (χ1) is 10.7. The van der Waals surface area contributed by atoms with Gasteiger partial charge in [-0.3, -0.25) is 9.78 Å². The third-order valence-corrected chi connectivity index (χ3v) is 3.03. The standard InChI is InChI=1S/C16H18FN3O2/c1-22-7-6-19-14-8-13(9-18-11-14)16(21)20-10-12-4-2-3-5-15(12)17/h2-5,8-9,11,19H,6-7,10H2,1H3,(H,20,21). The fourth-order valence-corrected chi connectivity index (χ4v) is 1.88. The van der Waals surface area contributed by atoms with Crippen molar-refractivity contribution in [1.29, 1.82) is 0 Å². The van der Waals surface area contributed by atoms with Crippen molar-refractivity contribution in [1.82, 2.24) is 10.3 Å². The van der Waals surface area contributed by atoms with E-state index in [1.165, 1.54) is 12.3 Å². The lowest BCUT2D eigenvalue weighted by Crippen LogP contribution is -2.23. The summed E-state index contributed by atoms with van der Waals surface area (Å²) in [7, 11) is 1.62. The van der Waals surface area contributed by atoms with Gasteiger partial charge in [0.2, 0.25) is 0 Å². The Balaban J connectivity index is 1.95. The van der Waals surface area contributed by atoms with Crippen molar-refractivity contribution < 1.29 is 13.9 Å². The summed E-state index contributed by atoms with van der Waals surface area (Å²) in [5.41, 5.74) is 1.59. The van der Waals surface area contributed by atoms with Crippen LogP contribution in [0.4, 0.5) is 10.1 Å². The molecule has 6 heteroatoms. The van der Waals surface area contributed by atoms with Crippen LogP contribution < -0.4 is 10.6 Å². The molecular weight excluding hydrogens is 285 g/mol. The molecule has 1 aromatic carbocycles. The number of hydrogen-bond donors (Lipinski definition) is 2. The fraction of sp³-hybridized carbons (Fsp3) is 0.250. The molecule has 1 amide bonds. The predicted octanol–water partition coefficient (Wildman–Crippen LogP) is 2.21. The molecule has 0 radical (unpaired) electrons. The number of ether oxygens (including phenoxy) is 1. The minimum atomic E-state index is -0.337. The van der Waals surface area contributed by atoms with Crippen molar-refractivity contribution in [3.05, 3.63) is 59.7 Å². The molecule has 1 aromatic heterocycles. The van der Waals surface area contributed by atoms with Crippen molar-refractivity contribution in [3.63, 3.8) is 0 Å². The van der Waals surface area contributed by atoms with Crippen LogP contribution in [-0.2, 0) is 11.3 Å². The number of rotatable bonds is 7. The Morgan fingerprint density at radius 2 is 2.14 bits per heavy atom. The first-order valence-electron chi connectivity index (χ1n) is 6.90. The molecule has 0 saturated heterocycles. The van der Waals surface area contributed by atoms with Gasteiger partial charge in [0.1, 0.15) is 5.82 Å². The molecule has 0 atom stereocenters. The second-order valence-electron chi connectivity index (χ2n) is 4.66. The van der Waals surface area contributed by atoms with Gasteiger partial charge in [0.25, 0.3) is 5.91 Å². The molecule has 2 rings (SSSR count). The van der Waals surface area contributed by atoms with Gasteiger partial charge in [-0.2, -0.15) is 0 Å². The molecule has 0 spiro atoms. The van der Waals surface area contributed by atoms with E-state index in [-0.39, 0.29) is 18.3 Å². The van der Waals surface area contributed by atoms with Crippen molar-refractivity contribution >= 4 is 11.6 Å². The van der Waals surface area contributed by atoms with Crippen molar-refractivity contribution in [2.75, 3.05) is 25.6 Å². The van der Waals surface area contributed by atoms with Gasteiger partial charge < -0.3 is 15.4 Å². The summed E-state index contributed by atoms with van der Waals surface area (Å²) in [5, 5.41) is 5.78. The summed E-state index contributed by atoms with van der Waals surface area (Å²) in [5.74, 6) is -0.637. The topological polar surface area (TPSA) is 63.2 Å². The maximum absolute atomic E-state index is 13.5. The molecule has 0 bridgehead atoms. The van der Waals surface area contributed by atoms with Crippen molar-refractivity contribution in [2.24, 2.45) is 0 Å². The summed E-state index contributed by atoms with van der Waals surface area (Å²) < 4.78 is 18.4. The van der Waals surface area contributed by atoms with E-state index in [1.807, 2.05) is 0 Å². The number of methoxy groups -OCH3 is 1. The summed E-state index contributed by atoms with van der Waals surface area (Å²) in [4.78, 5) is 16.1. The smallest absolute Gasteiger partial charge is 0.253 e. The second kappa shape index (κ2) is 8.09. The molecule has 5 nitrogen and oxygen atoms in total. The number of aromatic nitrogens is 1. The molecule has 0 aliphatic carbocycles. The zero-order valence-corrected chi connectivity index (χ0v) is 12.3. The number of benzene rings is 1. The molecule has 0 aliphatic heterocycles. The third kappa shape index (κ3) is 4.53. The quantitative estimate of drug-likeness (QED) is 0.770. The van der Waals surface area contributed by atoms with Crippen LogP contribution in [0.3, 0.4) is 0 Å². The highest BCUT2D eigenvalue weighted by Crippen LogP contribution is 2.09. The van der Waals surface area contributed by atoms with E-state index in [1.54, 1.807) is 37.6 Å². The molecule has 2 aromatic rings. The Morgan fingerprint density at radius 3 is 2.91 bits per heavy atom. The zero-order chi connectivity index (χ0) is 15.8. The van der Waals surface area contributed by atoms with E-state index in [2.05, 4.69) is 15.6 Å². The third-order valence-electron chi connectivity index (χ3n) is 3.03. The van der Waals surface area contributed by atoms with Crippen molar-refractivity contribution in [3.8, 4) is 0 Å². The van der Waals surface area contributed by atoms with Crippen LogP contribution in [0.1, 0.15) is 15.9 Å². The summed E-state index contributed by atoms with van der Waals surface area (Å²) in [6.07, 6.45) is 3.10. The van der Waals surface area contributed by atoms with Gasteiger partial charge in [-0.1, -0.05) is 18.2 Å². The van der Waals surface area contributed by atoms with Crippen LogP contribution in [0, 0.1) is 5.82 Å². The largest absolute Gasteiger partial charge is 0.383 e. The highest BCUT2D eigenvalue weighted by atomic mass is 19.1. The zero-order valence-electron chi connectivity index (χ0n) is 12.3. The molecular formula is C16H18FN3O2.